The van der Waals surface area contributed by atoms with Crippen LogP contribution in [0.1, 0.15) is 155 Å². The van der Waals surface area contributed by atoms with Crippen molar-refractivity contribution in [1.29, 1.82) is 0 Å². The number of allylic oxidation sites excluding steroid dienone is 10. The molecule has 0 aliphatic heterocycles. The number of esters is 2. The van der Waals surface area contributed by atoms with Crippen LogP contribution < -0.4 is 0 Å². The summed E-state index contributed by atoms with van der Waals surface area (Å²) in [6.45, 7) is 0.212. The lowest BCUT2D eigenvalue weighted by Crippen LogP contribution is -2.25. The van der Waals surface area contributed by atoms with Crippen molar-refractivity contribution < 1.29 is 71.4 Å². The summed E-state index contributed by atoms with van der Waals surface area (Å²) < 4.78 is 52.9. The molecule has 17 heteroatoms. The molecule has 62 heavy (non-hydrogen) atoms. The Hall–Kier alpha value is -2.26. The summed E-state index contributed by atoms with van der Waals surface area (Å²) in [5.41, 5.74) is 0. The molecule has 0 aliphatic carbocycles. The molecule has 0 spiro atoms. The van der Waals surface area contributed by atoms with Crippen molar-refractivity contribution in [3.8, 4) is 0 Å². The number of rotatable bonds is 43. The number of aliphatic hydroxyl groups excluding tert-OH is 3. The molecule has 0 heterocycles. The predicted molar refractivity (Wildman–Crippen MR) is 242 cm³/mol. The van der Waals surface area contributed by atoms with Gasteiger partial charge in [0.15, 0.2) is 0 Å². The first-order valence-electron chi connectivity index (χ1n) is 22.7. The Bertz CT molecular complexity index is 1350. The first-order chi connectivity index (χ1) is 29.8. The van der Waals surface area contributed by atoms with Gasteiger partial charge in [0.25, 0.3) is 0 Å². The minimum atomic E-state index is -4.79. The number of hydrogen-bond donors (Lipinski definition) is 5. The van der Waals surface area contributed by atoms with E-state index in [-0.39, 0.29) is 12.8 Å². The zero-order valence-corrected chi connectivity index (χ0v) is 39.3. The predicted octanol–water partition coefficient (Wildman–Crippen LogP) is 9.83. The number of aliphatic hydroxyl groups is 3. The summed E-state index contributed by atoms with van der Waals surface area (Å²) in [5.74, 6) is -1.02. The molecule has 0 aromatic heterocycles. The van der Waals surface area contributed by atoms with Gasteiger partial charge in [0.1, 0.15) is 31.5 Å². The van der Waals surface area contributed by atoms with E-state index < -0.39 is 85.5 Å². The third kappa shape index (κ3) is 43.0. The number of phosphoric ester groups is 2. The van der Waals surface area contributed by atoms with Crippen LogP contribution in [0.25, 0.3) is 0 Å². The number of ether oxygens (including phenoxy) is 2. The molecule has 0 aromatic rings. The highest BCUT2D eigenvalue weighted by atomic mass is 31.2. The number of carbonyl (C=O) groups excluding carboxylic acids is 2. The molecule has 0 fully saturated rings. The van der Waals surface area contributed by atoms with Crippen molar-refractivity contribution >= 4 is 27.6 Å². The van der Waals surface area contributed by atoms with E-state index in [1.807, 2.05) is 18.2 Å². The van der Waals surface area contributed by atoms with Crippen LogP contribution in [0, 0.1) is 0 Å². The molecule has 0 saturated heterocycles. The molecule has 0 radical (unpaired) electrons. The molecule has 5 N–H and O–H groups in total. The maximum atomic E-state index is 12.1. The van der Waals surface area contributed by atoms with Crippen LogP contribution in [0.2, 0.25) is 0 Å². The monoisotopic (exact) mass is 922 g/mol. The molecule has 0 bridgehead atoms. The van der Waals surface area contributed by atoms with Gasteiger partial charge >= 0.3 is 27.6 Å². The molecule has 5 unspecified atom stereocenters. The Balaban J connectivity index is 3.93. The zero-order valence-electron chi connectivity index (χ0n) is 37.5. The van der Waals surface area contributed by atoms with Crippen molar-refractivity contribution in [3.05, 3.63) is 60.8 Å². The van der Waals surface area contributed by atoms with Gasteiger partial charge in [-0.2, -0.15) is 0 Å². The Kier molecular flexibility index (Phi) is 39.9. The van der Waals surface area contributed by atoms with Gasteiger partial charge in [-0.15, -0.1) is 0 Å². The summed E-state index contributed by atoms with van der Waals surface area (Å²) in [7, 11) is -9.58. The summed E-state index contributed by atoms with van der Waals surface area (Å²) in [5, 5.41) is 30.0. The second-order valence-corrected chi connectivity index (χ2v) is 18.0. The Morgan fingerprint density at radius 2 is 0.742 bits per heavy atom. The van der Waals surface area contributed by atoms with Gasteiger partial charge in [0.2, 0.25) is 0 Å². The maximum Gasteiger partial charge on any atom is 0.472 e. The molecular weight excluding hydrogens is 842 g/mol. The fourth-order valence-electron chi connectivity index (χ4n) is 5.50. The molecule has 5 atom stereocenters. The summed E-state index contributed by atoms with van der Waals surface area (Å²) in [6.07, 6.45) is 37.8. The average molecular weight is 923 g/mol. The quantitative estimate of drug-likeness (QED) is 0.0166. The first kappa shape index (κ1) is 59.7. The molecule has 15 nitrogen and oxygen atoms in total. The fraction of sp³-hybridized carbons (Fsp3) is 0.733. The van der Waals surface area contributed by atoms with Gasteiger partial charge in [-0.05, 0) is 57.8 Å². The number of phosphoric acid groups is 2. The van der Waals surface area contributed by atoms with Crippen molar-refractivity contribution in [2.24, 2.45) is 0 Å². The molecular formula is C45H80O15P2. The van der Waals surface area contributed by atoms with Gasteiger partial charge in [-0.3, -0.25) is 27.7 Å². The highest BCUT2D eigenvalue weighted by Gasteiger charge is 2.28. The standard InChI is InChI=1S/C45H80O15P2/c1-3-5-7-9-11-13-15-17-19-21-23-25-27-29-31-33-44(49)55-35-41(46)37-57-61(51,52)59-39-43(48)40-60-62(53,54)58-38-42(47)36-56-45(50)34-32-30-28-26-24-22-20-18-16-14-12-10-8-6-4-2/h5,7,9,11-16,18,41-43,46-48H,3-4,6,8,10,17,19-40H2,1-2H3,(H,51,52)(H,53,54)/b7-5+,11-9+,14-12+,15-13+,18-16+. The lowest BCUT2D eigenvalue weighted by molar-refractivity contribution is -0.148. The average Bonchev–Trinajstić information content (AvgIpc) is 3.24. The summed E-state index contributed by atoms with van der Waals surface area (Å²) in [6, 6.07) is 0. The fourth-order valence-corrected chi connectivity index (χ4v) is 7.09. The van der Waals surface area contributed by atoms with E-state index in [0.29, 0.717) is 12.8 Å². The Morgan fingerprint density at radius 1 is 0.435 bits per heavy atom. The zero-order chi connectivity index (χ0) is 46.0. The van der Waals surface area contributed by atoms with Gasteiger partial charge in [0.05, 0.1) is 26.4 Å². The van der Waals surface area contributed by atoms with Crippen LogP contribution in [0.3, 0.4) is 0 Å². The van der Waals surface area contributed by atoms with E-state index in [9.17, 15) is 43.8 Å². The molecule has 0 saturated carbocycles. The lowest BCUT2D eigenvalue weighted by atomic mass is 10.1. The van der Waals surface area contributed by atoms with E-state index in [0.717, 1.165) is 96.3 Å². The lowest BCUT2D eigenvalue weighted by Gasteiger charge is -2.19. The van der Waals surface area contributed by atoms with Crippen molar-refractivity contribution in [2.75, 3.05) is 39.6 Å². The number of hydrogen-bond acceptors (Lipinski definition) is 13. The van der Waals surface area contributed by atoms with E-state index in [4.69, 9.17) is 9.47 Å². The number of unbranched alkanes of at least 4 members (excludes halogenated alkanes) is 16. The molecule has 360 valence electrons. The van der Waals surface area contributed by atoms with E-state index in [1.165, 1.54) is 19.3 Å². The van der Waals surface area contributed by atoms with Gasteiger partial charge in [0, 0.05) is 12.8 Å². The molecule has 0 rings (SSSR count). The topological polar surface area (TPSA) is 225 Å². The highest BCUT2D eigenvalue weighted by molar-refractivity contribution is 7.47. The maximum absolute atomic E-state index is 12.1. The minimum absolute atomic E-state index is 0.181. The molecule has 0 aromatic carbocycles. The highest BCUT2D eigenvalue weighted by Crippen LogP contribution is 2.45. The van der Waals surface area contributed by atoms with E-state index >= 15 is 0 Å². The van der Waals surface area contributed by atoms with Crippen LogP contribution in [0.4, 0.5) is 0 Å². The van der Waals surface area contributed by atoms with E-state index in [1.54, 1.807) is 0 Å². The first-order valence-corrected chi connectivity index (χ1v) is 25.7. The van der Waals surface area contributed by atoms with E-state index in [2.05, 4.69) is 74.5 Å². The van der Waals surface area contributed by atoms with Gasteiger partial charge < -0.3 is 34.6 Å². The third-order valence-electron chi connectivity index (χ3n) is 9.05. The largest absolute Gasteiger partial charge is 0.472 e. The Morgan fingerprint density at radius 3 is 1.11 bits per heavy atom. The number of carbonyl (C=O) groups is 2. The van der Waals surface area contributed by atoms with Crippen LogP contribution in [-0.4, -0.2) is 95.0 Å². The Labute approximate surface area is 371 Å². The summed E-state index contributed by atoms with van der Waals surface area (Å²) >= 11 is 0. The van der Waals surface area contributed by atoms with Crippen LogP contribution >= 0.6 is 15.6 Å². The van der Waals surface area contributed by atoms with Crippen molar-refractivity contribution in [3.63, 3.8) is 0 Å². The van der Waals surface area contributed by atoms with Gasteiger partial charge in [-0.1, -0.05) is 145 Å². The van der Waals surface area contributed by atoms with Crippen LogP contribution in [-0.2, 0) is 46.3 Å². The van der Waals surface area contributed by atoms with Crippen molar-refractivity contribution in [1.82, 2.24) is 0 Å². The smallest absolute Gasteiger partial charge is 0.463 e. The second-order valence-electron chi connectivity index (χ2n) is 15.1. The normalized spacial score (nSPS) is 15.8. The van der Waals surface area contributed by atoms with Gasteiger partial charge in [-0.25, -0.2) is 9.13 Å². The minimum Gasteiger partial charge on any atom is -0.463 e. The second kappa shape index (κ2) is 41.4. The van der Waals surface area contributed by atoms with Crippen LogP contribution in [0.5, 0.6) is 0 Å². The summed E-state index contributed by atoms with van der Waals surface area (Å²) in [4.78, 5) is 43.7. The SMILES string of the molecule is CC/C=C/C=C/C=C/CCCCCCCCCC(=O)OCC(O)COP(=O)(O)OCC(O)COP(=O)(O)OCC(O)COC(=O)CCCCCCCC/C=C/C=C/CCCCC. The molecule has 0 amide bonds. The molecule has 0 aliphatic rings. The third-order valence-corrected chi connectivity index (χ3v) is 10.9. The van der Waals surface area contributed by atoms with Crippen LogP contribution in [0.15, 0.2) is 60.8 Å². The van der Waals surface area contributed by atoms with Crippen molar-refractivity contribution in [2.45, 2.75) is 173 Å².